The van der Waals surface area contributed by atoms with Crippen molar-refractivity contribution in [2.75, 3.05) is 46.9 Å². The summed E-state index contributed by atoms with van der Waals surface area (Å²) in [5, 5.41) is 0. The maximum Gasteiger partial charge on any atom is 0.126 e. The Morgan fingerprint density at radius 1 is 1.19 bits per heavy atom. The van der Waals surface area contributed by atoms with E-state index in [0.29, 0.717) is 24.9 Å². The molecule has 6 nitrogen and oxygen atoms in total. The first-order valence-corrected chi connectivity index (χ1v) is 12.7. The molecule has 1 fully saturated rings. The number of allylic oxidation sites excluding steroid dienone is 1. The molecule has 1 heterocycles. The van der Waals surface area contributed by atoms with Crippen molar-refractivity contribution in [3.8, 4) is 16.9 Å². The van der Waals surface area contributed by atoms with Crippen molar-refractivity contribution in [3.63, 3.8) is 0 Å². The van der Waals surface area contributed by atoms with Gasteiger partial charge in [-0.2, -0.15) is 0 Å². The minimum atomic E-state index is -0.271. The first-order chi connectivity index (χ1) is 17.7. The number of ether oxygens (including phenoxy) is 1. The minimum absolute atomic E-state index is 0.271. The molecule has 0 radical (unpaired) electrons. The quantitative estimate of drug-likeness (QED) is 0.269. The van der Waals surface area contributed by atoms with E-state index in [2.05, 4.69) is 35.4 Å². The van der Waals surface area contributed by atoms with Gasteiger partial charge < -0.3 is 21.1 Å². The van der Waals surface area contributed by atoms with Gasteiger partial charge in [0.05, 0.1) is 13.2 Å². The normalized spacial score (nSPS) is 14.8. The van der Waals surface area contributed by atoms with Crippen LogP contribution < -0.4 is 16.2 Å². The van der Waals surface area contributed by atoms with Crippen molar-refractivity contribution in [2.45, 2.75) is 27.2 Å². The molecule has 1 aliphatic rings. The Kier molecular flexibility index (Phi) is 12.2. The van der Waals surface area contributed by atoms with Crippen LogP contribution in [0.15, 0.2) is 70.7 Å². The van der Waals surface area contributed by atoms with E-state index >= 15 is 0 Å². The number of hydrogen-bond donors (Lipinski definition) is 2. The van der Waals surface area contributed by atoms with Gasteiger partial charge in [-0.1, -0.05) is 31.7 Å². The Balaban J connectivity index is 0.00000112. The van der Waals surface area contributed by atoms with E-state index < -0.39 is 0 Å². The summed E-state index contributed by atoms with van der Waals surface area (Å²) in [6.07, 6.45) is 4.89. The monoisotopic (exact) mass is 507 g/mol. The second-order valence-corrected chi connectivity index (χ2v) is 9.40. The lowest BCUT2D eigenvalue weighted by Crippen LogP contribution is -2.46. The lowest BCUT2D eigenvalue weighted by atomic mass is 9.97. The molecule has 0 bridgehead atoms. The molecule has 0 spiro atoms. The molecule has 0 unspecified atom stereocenters. The number of halogens is 1. The van der Waals surface area contributed by atoms with Gasteiger partial charge in [0, 0.05) is 42.9 Å². The van der Waals surface area contributed by atoms with Gasteiger partial charge in [0.15, 0.2) is 0 Å². The van der Waals surface area contributed by atoms with Crippen LogP contribution in [0.2, 0.25) is 0 Å². The third-order valence-electron chi connectivity index (χ3n) is 6.08. The Hall–Kier alpha value is -3.29. The fraction of sp³-hybridized carbons (Fsp3) is 0.400. The van der Waals surface area contributed by atoms with Gasteiger partial charge in [0.25, 0.3) is 0 Å². The van der Waals surface area contributed by atoms with E-state index in [1.54, 1.807) is 19.2 Å². The SMILES string of the molecule is C=C(/C=C\C(C)=NC)CN=C(N)c1cc(-c2ccc(F)cc2)cc(OCC2CN(C)C2)c1C.CCCN. The molecular weight excluding hydrogens is 465 g/mol. The number of likely N-dealkylation sites (tertiary alicyclic amines) is 1. The Labute approximate surface area is 221 Å². The molecule has 3 rings (SSSR count). The second-order valence-electron chi connectivity index (χ2n) is 9.40. The van der Waals surface area contributed by atoms with E-state index in [-0.39, 0.29) is 5.82 Å². The average molecular weight is 508 g/mol. The maximum atomic E-state index is 13.5. The number of nitrogens with zero attached hydrogens (tertiary/aromatic N) is 3. The molecule has 200 valence electrons. The van der Waals surface area contributed by atoms with Gasteiger partial charge in [-0.3, -0.25) is 9.98 Å². The molecular formula is C30H42FN5O. The minimum Gasteiger partial charge on any atom is -0.493 e. The van der Waals surface area contributed by atoms with Crippen LogP contribution in [-0.4, -0.2) is 63.3 Å². The van der Waals surface area contributed by atoms with Gasteiger partial charge in [-0.15, -0.1) is 0 Å². The van der Waals surface area contributed by atoms with Crippen molar-refractivity contribution < 1.29 is 9.13 Å². The van der Waals surface area contributed by atoms with Crippen LogP contribution in [0.3, 0.4) is 0 Å². The number of rotatable bonds is 10. The fourth-order valence-corrected chi connectivity index (χ4v) is 3.69. The standard InChI is InChI=1S/C27H33FN4O.C3H9N/c1-18(6-7-19(2)30-4)14-31-27(29)25-12-23(22-8-10-24(28)11-9-22)13-26(20(25)3)33-17-21-15-32(5)16-21;1-2-3-4/h6-13,21H,1,14-17H2,2-5H3,(H2,29,31);2-4H2,1H3/b7-6-,30-19?;. The van der Waals surface area contributed by atoms with E-state index in [0.717, 1.165) is 65.3 Å². The Morgan fingerprint density at radius 2 is 1.84 bits per heavy atom. The topological polar surface area (TPSA) is 89.2 Å². The summed E-state index contributed by atoms with van der Waals surface area (Å²) in [4.78, 5) is 10.9. The molecule has 0 saturated carbocycles. The van der Waals surface area contributed by atoms with Crippen LogP contribution in [0.5, 0.6) is 5.75 Å². The van der Waals surface area contributed by atoms with Crippen molar-refractivity contribution >= 4 is 11.5 Å². The molecule has 0 aromatic heterocycles. The van der Waals surface area contributed by atoms with Gasteiger partial charge >= 0.3 is 0 Å². The van der Waals surface area contributed by atoms with Crippen molar-refractivity contribution in [3.05, 3.63) is 77.6 Å². The van der Waals surface area contributed by atoms with Crippen molar-refractivity contribution in [1.82, 2.24) is 4.90 Å². The first kappa shape index (κ1) is 29.9. The highest BCUT2D eigenvalue weighted by molar-refractivity contribution is 6.00. The third-order valence-corrected chi connectivity index (χ3v) is 6.08. The van der Waals surface area contributed by atoms with Gasteiger partial charge in [-0.25, -0.2) is 4.39 Å². The molecule has 0 aliphatic carbocycles. The summed E-state index contributed by atoms with van der Waals surface area (Å²) in [5.74, 6) is 1.43. The number of hydrogen-bond acceptors (Lipinski definition) is 5. The summed E-state index contributed by atoms with van der Waals surface area (Å²) in [6, 6.07) is 10.4. The Morgan fingerprint density at radius 3 is 2.41 bits per heavy atom. The molecule has 4 N–H and O–H groups in total. The smallest absolute Gasteiger partial charge is 0.126 e. The lowest BCUT2D eigenvalue weighted by molar-refractivity contribution is 0.0855. The molecule has 7 heteroatoms. The number of amidine groups is 1. The van der Waals surface area contributed by atoms with Crippen molar-refractivity contribution in [2.24, 2.45) is 27.4 Å². The van der Waals surface area contributed by atoms with Gasteiger partial charge in [0.1, 0.15) is 17.4 Å². The van der Waals surface area contributed by atoms with Crippen LogP contribution in [0.1, 0.15) is 31.4 Å². The summed E-state index contributed by atoms with van der Waals surface area (Å²) in [5.41, 5.74) is 16.7. The molecule has 0 atom stereocenters. The average Bonchev–Trinajstić information content (AvgIpc) is 2.88. The zero-order chi connectivity index (χ0) is 27.4. The van der Waals surface area contributed by atoms with E-state index in [1.807, 2.05) is 38.1 Å². The summed E-state index contributed by atoms with van der Waals surface area (Å²) in [7, 11) is 3.85. The zero-order valence-corrected chi connectivity index (χ0v) is 22.9. The first-order valence-electron chi connectivity index (χ1n) is 12.7. The number of nitrogens with two attached hydrogens (primary N) is 2. The Bertz CT molecular complexity index is 1110. The van der Waals surface area contributed by atoms with Crippen molar-refractivity contribution in [1.29, 1.82) is 0 Å². The number of benzene rings is 2. The lowest BCUT2D eigenvalue weighted by Gasteiger charge is -2.36. The van der Waals surface area contributed by atoms with Crippen LogP contribution in [0.25, 0.3) is 11.1 Å². The second kappa shape index (κ2) is 15.1. The number of aliphatic imine (C=N–C) groups is 2. The third kappa shape index (κ3) is 9.59. The summed E-state index contributed by atoms with van der Waals surface area (Å²) in [6.45, 7) is 13.9. The zero-order valence-electron chi connectivity index (χ0n) is 22.9. The van der Waals surface area contributed by atoms with E-state index in [1.165, 1.54) is 12.1 Å². The fourth-order valence-electron chi connectivity index (χ4n) is 3.69. The largest absolute Gasteiger partial charge is 0.493 e. The molecule has 2 aromatic rings. The highest BCUT2D eigenvalue weighted by Gasteiger charge is 2.24. The van der Waals surface area contributed by atoms with Crippen LogP contribution in [0.4, 0.5) is 4.39 Å². The molecule has 0 amide bonds. The molecule has 37 heavy (non-hydrogen) atoms. The van der Waals surface area contributed by atoms with Gasteiger partial charge in [-0.05, 0) is 80.9 Å². The summed E-state index contributed by atoms with van der Waals surface area (Å²) < 4.78 is 19.7. The highest BCUT2D eigenvalue weighted by Crippen LogP contribution is 2.31. The van der Waals surface area contributed by atoms with Crippen LogP contribution >= 0.6 is 0 Å². The van der Waals surface area contributed by atoms with E-state index in [9.17, 15) is 4.39 Å². The predicted octanol–water partition coefficient (Wildman–Crippen LogP) is 5.01. The summed E-state index contributed by atoms with van der Waals surface area (Å²) >= 11 is 0. The highest BCUT2D eigenvalue weighted by atomic mass is 19.1. The van der Waals surface area contributed by atoms with Gasteiger partial charge in [0.2, 0.25) is 0 Å². The van der Waals surface area contributed by atoms with E-state index in [4.69, 9.17) is 16.2 Å². The predicted molar refractivity (Wildman–Crippen MR) is 155 cm³/mol. The molecule has 2 aromatic carbocycles. The van der Waals surface area contributed by atoms with Crippen LogP contribution in [-0.2, 0) is 0 Å². The molecule has 1 aliphatic heterocycles. The molecule has 1 saturated heterocycles. The van der Waals surface area contributed by atoms with Crippen LogP contribution in [0, 0.1) is 18.7 Å². The maximum absolute atomic E-state index is 13.5.